The third kappa shape index (κ3) is 3.59. The van der Waals surface area contributed by atoms with Crippen LogP contribution in [0.1, 0.15) is 15.9 Å². The van der Waals surface area contributed by atoms with Crippen LogP contribution in [0.15, 0.2) is 66.7 Å². The molecule has 1 aliphatic heterocycles. The van der Waals surface area contributed by atoms with E-state index < -0.39 is 0 Å². The van der Waals surface area contributed by atoms with E-state index in [0.29, 0.717) is 0 Å². The van der Waals surface area contributed by atoms with Gasteiger partial charge in [0.2, 0.25) is 0 Å². The van der Waals surface area contributed by atoms with E-state index in [9.17, 15) is 4.79 Å². The Hall–Kier alpha value is -2.36. The van der Waals surface area contributed by atoms with Gasteiger partial charge in [-0.2, -0.15) is 0 Å². The first-order valence-electron chi connectivity index (χ1n) is 9.06. The molecular formula is C22H22ClN2O+. The zero-order chi connectivity index (χ0) is 17.9. The number of nitrogens with zero attached hydrogens (tertiary/aromatic N) is 1. The van der Waals surface area contributed by atoms with Crippen molar-refractivity contribution >= 4 is 28.3 Å². The molecule has 132 valence electrons. The number of amides is 1. The van der Waals surface area contributed by atoms with E-state index in [0.717, 1.165) is 54.1 Å². The van der Waals surface area contributed by atoms with E-state index in [2.05, 4.69) is 18.2 Å². The highest BCUT2D eigenvalue weighted by atomic mass is 35.5. The molecule has 1 aliphatic rings. The molecule has 4 rings (SSSR count). The van der Waals surface area contributed by atoms with Gasteiger partial charge in [0.05, 0.1) is 26.2 Å². The zero-order valence-corrected chi connectivity index (χ0v) is 15.4. The van der Waals surface area contributed by atoms with E-state index in [1.807, 2.05) is 53.4 Å². The van der Waals surface area contributed by atoms with Crippen LogP contribution >= 0.6 is 11.6 Å². The summed E-state index contributed by atoms with van der Waals surface area (Å²) in [6, 6.07) is 22.1. The van der Waals surface area contributed by atoms with Crippen LogP contribution in [0.3, 0.4) is 0 Å². The molecule has 1 amide bonds. The van der Waals surface area contributed by atoms with Crippen molar-refractivity contribution in [1.29, 1.82) is 0 Å². The third-order valence-corrected chi connectivity index (χ3v) is 5.36. The van der Waals surface area contributed by atoms with Crippen molar-refractivity contribution in [2.45, 2.75) is 6.54 Å². The van der Waals surface area contributed by atoms with E-state index in [-0.39, 0.29) is 5.91 Å². The van der Waals surface area contributed by atoms with Crippen LogP contribution in [0.4, 0.5) is 0 Å². The summed E-state index contributed by atoms with van der Waals surface area (Å²) in [6.45, 7) is 4.46. The smallest absolute Gasteiger partial charge is 0.254 e. The topological polar surface area (TPSA) is 24.8 Å². The lowest BCUT2D eigenvalue weighted by atomic mass is 10.0. The van der Waals surface area contributed by atoms with Gasteiger partial charge in [-0.15, -0.1) is 0 Å². The van der Waals surface area contributed by atoms with Gasteiger partial charge >= 0.3 is 0 Å². The molecule has 1 N–H and O–H groups in total. The summed E-state index contributed by atoms with van der Waals surface area (Å²) in [5, 5.41) is 2.93. The molecule has 1 saturated heterocycles. The minimum absolute atomic E-state index is 0.142. The van der Waals surface area contributed by atoms with Crippen LogP contribution in [0, 0.1) is 0 Å². The molecule has 4 heteroatoms. The summed E-state index contributed by atoms with van der Waals surface area (Å²) in [5.41, 5.74) is 2.06. The molecule has 3 nitrogen and oxygen atoms in total. The maximum Gasteiger partial charge on any atom is 0.254 e. The maximum absolute atomic E-state index is 13.0. The van der Waals surface area contributed by atoms with Gasteiger partial charge in [-0.3, -0.25) is 4.79 Å². The second-order valence-corrected chi connectivity index (χ2v) is 7.31. The maximum atomic E-state index is 13.0. The van der Waals surface area contributed by atoms with Crippen molar-refractivity contribution < 1.29 is 9.69 Å². The monoisotopic (exact) mass is 365 g/mol. The number of hydrogen-bond acceptors (Lipinski definition) is 1. The van der Waals surface area contributed by atoms with E-state index >= 15 is 0 Å². The quantitative estimate of drug-likeness (QED) is 0.758. The lowest BCUT2D eigenvalue weighted by Crippen LogP contribution is -3.13. The Labute approximate surface area is 158 Å². The molecule has 3 aromatic carbocycles. The lowest BCUT2D eigenvalue weighted by Gasteiger charge is -2.32. The molecule has 26 heavy (non-hydrogen) atoms. The summed E-state index contributed by atoms with van der Waals surface area (Å²) in [5.74, 6) is 0.142. The SMILES string of the molecule is O=C(c1cccc2ccccc12)N1CC[NH+](Cc2cccc(Cl)c2)CC1. The predicted octanol–water partition coefficient (Wildman–Crippen LogP) is 3.03. The Bertz CT molecular complexity index is 927. The van der Waals surface area contributed by atoms with Crippen LogP contribution in [0.5, 0.6) is 0 Å². The highest BCUT2D eigenvalue weighted by Gasteiger charge is 2.25. The minimum Gasteiger partial charge on any atom is -0.328 e. The number of benzene rings is 3. The minimum atomic E-state index is 0.142. The van der Waals surface area contributed by atoms with Crippen LogP contribution in [0.2, 0.25) is 5.02 Å². The second kappa shape index (κ2) is 7.48. The fourth-order valence-corrected chi connectivity index (χ4v) is 3.93. The highest BCUT2D eigenvalue weighted by Crippen LogP contribution is 2.20. The molecule has 0 bridgehead atoms. The standard InChI is InChI=1S/C22H21ClN2O/c23-19-8-3-5-17(15-19)16-24-11-13-25(14-12-24)22(26)21-10-4-7-18-6-1-2-9-20(18)21/h1-10,15H,11-14,16H2/p+1. The Morgan fingerprint density at radius 3 is 2.50 bits per heavy atom. The van der Waals surface area contributed by atoms with Crippen LogP contribution < -0.4 is 4.90 Å². The number of carbonyl (C=O) groups excluding carboxylic acids is 1. The highest BCUT2D eigenvalue weighted by molar-refractivity contribution is 6.30. The van der Waals surface area contributed by atoms with Crippen molar-refractivity contribution in [3.05, 3.63) is 82.9 Å². The Morgan fingerprint density at radius 1 is 0.962 bits per heavy atom. The molecule has 0 radical (unpaired) electrons. The first-order valence-corrected chi connectivity index (χ1v) is 9.43. The van der Waals surface area contributed by atoms with Gasteiger partial charge in [0.15, 0.2) is 0 Å². The van der Waals surface area contributed by atoms with Gasteiger partial charge in [0.1, 0.15) is 6.54 Å². The number of nitrogens with one attached hydrogen (secondary N) is 1. The van der Waals surface area contributed by atoms with Gasteiger partial charge in [0.25, 0.3) is 5.91 Å². The van der Waals surface area contributed by atoms with Gasteiger partial charge < -0.3 is 9.80 Å². The largest absolute Gasteiger partial charge is 0.328 e. The van der Waals surface area contributed by atoms with Gasteiger partial charge in [-0.25, -0.2) is 0 Å². The molecule has 1 heterocycles. The predicted molar refractivity (Wildman–Crippen MR) is 106 cm³/mol. The summed E-state index contributed by atoms with van der Waals surface area (Å²) in [6.07, 6.45) is 0. The van der Waals surface area contributed by atoms with Gasteiger partial charge in [0, 0.05) is 16.1 Å². The van der Waals surface area contributed by atoms with Crippen LogP contribution in [0.25, 0.3) is 10.8 Å². The zero-order valence-electron chi connectivity index (χ0n) is 14.6. The fraction of sp³-hybridized carbons (Fsp3) is 0.227. The first-order chi connectivity index (χ1) is 12.7. The summed E-state index contributed by atoms with van der Waals surface area (Å²) >= 11 is 6.08. The molecule has 0 saturated carbocycles. The Balaban J connectivity index is 1.43. The van der Waals surface area contributed by atoms with Crippen molar-refractivity contribution in [2.24, 2.45) is 0 Å². The van der Waals surface area contributed by atoms with Crippen molar-refractivity contribution in [3.8, 4) is 0 Å². The Morgan fingerprint density at radius 2 is 1.69 bits per heavy atom. The number of rotatable bonds is 3. The molecule has 3 aromatic rings. The number of fused-ring (bicyclic) bond motifs is 1. The fourth-order valence-electron chi connectivity index (χ4n) is 3.72. The third-order valence-electron chi connectivity index (χ3n) is 5.12. The average molecular weight is 366 g/mol. The molecule has 0 aromatic heterocycles. The molecule has 0 aliphatic carbocycles. The second-order valence-electron chi connectivity index (χ2n) is 6.88. The molecule has 0 atom stereocenters. The summed E-state index contributed by atoms with van der Waals surface area (Å²) in [4.78, 5) is 16.5. The number of hydrogen-bond donors (Lipinski definition) is 1. The molecular weight excluding hydrogens is 344 g/mol. The molecule has 1 fully saturated rings. The lowest BCUT2D eigenvalue weighted by molar-refractivity contribution is -0.917. The van der Waals surface area contributed by atoms with Crippen LogP contribution in [-0.4, -0.2) is 37.0 Å². The van der Waals surface area contributed by atoms with Crippen molar-refractivity contribution in [2.75, 3.05) is 26.2 Å². The van der Waals surface area contributed by atoms with E-state index in [1.54, 1.807) is 0 Å². The molecule has 0 unspecified atom stereocenters. The van der Waals surface area contributed by atoms with Crippen molar-refractivity contribution in [1.82, 2.24) is 4.90 Å². The van der Waals surface area contributed by atoms with E-state index in [1.165, 1.54) is 10.5 Å². The number of halogens is 1. The van der Waals surface area contributed by atoms with Gasteiger partial charge in [-0.05, 0) is 29.0 Å². The number of quaternary nitrogens is 1. The summed E-state index contributed by atoms with van der Waals surface area (Å²) < 4.78 is 0. The normalized spacial score (nSPS) is 15.3. The van der Waals surface area contributed by atoms with E-state index in [4.69, 9.17) is 11.6 Å². The Kier molecular flexibility index (Phi) is 4.91. The first kappa shape index (κ1) is 17.1. The molecule has 0 spiro atoms. The number of piperazine rings is 1. The van der Waals surface area contributed by atoms with Crippen molar-refractivity contribution in [3.63, 3.8) is 0 Å². The van der Waals surface area contributed by atoms with Gasteiger partial charge in [-0.1, -0.05) is 60.1 Å². The average Bonchev–Trinajstić information content (AvgIpc) is 2.68. The number of carbonyl (C=O) groups is 1. The summed E-state index contributed by atoms with van der Waals surface area (Å²) in [7, 11) is 0. The van der Waals surface area contributed by atoms with Crippen LogP contribution in [-0.2, 0) is 6.54 Å².